The minimum absolute atomic E-state index is 0. The highest BCUT2D eigenvalue weighted by molar-refractivity contribution is 7.20. The molecule has 3 N–H and O–H groups in total. The van der Waals surface area contributed by atoms with E-state index in [1.165, 1.54) is 11.3 Å². The molecule has 0 aliphatic heterocycles. The maximum absolute atomic E-state index is 7.49. The molecule has 0 unspecified atom stereocenters. The summed E-state index contributed by atoms with van der Waals surface area (Å²) in [6.07, 6.45) is 1.60. The number of hydrogen-bond acceptors (Lipinski definition) is 3. The van der Waals surface area contributed by atoms with Gasteiger partial charge in [-0.15, -0.1) is 23.7 Å². The zero-order valence-corrected chi connectivity index (χ0v) is 12.0. The lowest BCUT2D eigenvalue weighted by atomic mass is 10.1. The molecular formula is C15H11ClN2OS. The molecule has 20 heavy (non-hydrogen) atoms. The lowest BCUT2D eigenvalue weighted by Gasteiger charge is -1.92. The molecule has 0 aliphatic carbocycles. The summed E-state index contributed by atoms with van der Waals surface area (Å²) in [7, 11) is 0. The molecule has 100 valence electrons. The lowest BCUT2D eigenvalue weighted by molar-refractivity contribution is 0.554. The number of nitrogen functional groups attached to an aromatic ring is 1. The summed E-state index contributed by atoms with van der Waals surface area (Å²) in [4.78, 5) is 0.766. The van der Waals surface area contributed by atoms with Crippen molar-refractivity contribution in [3.63, 3.8) is 0 Å². The van der Waals surface area contributed by atoms with Crippen LogP contribution in [0.25, 0.3) is 10.1 Å². The fourth-order valence-electron chi connectivity index (χ4n) is 1.78. The third-order valence-electron chi connectivity index (χ3n) is 2.67. The Labute approximate surface area is 126 Å². The summed E-state index contributed by atoms with van der Waals surface area (Å²) in [5.41, 5.74) is 6.44. The first-order valence-corrected chi connectivity index (χ1v) is 6.48. The molecule has 1 aromatic carbocycles. The van der Waals surface area contributed by atoms with Crippen molar-refractivity contribution in [2.75, 3.05) is 0 Å². The number of thiophene rings is 1. The summed E-state index contributed by atoms with van der Waals surface area (Å²) in [5.74, 6) is 6.80. The summed E-state index contributed by atoms with van der Waals surface area (Å²) < 4.78 is 6.27. The predicted octanol–water partition coefficient (Wildman–Crippen LogP) is 3.60. The number of furan rings is 1. The largest absolute Gasteiger partial charge is 0.456 e. The Kier molecular flexibility index (Phi) is 4.14. The second kappa shape index (κ2) is 5.83. The molecule has 0 spiro atoms. The summed E-state index contributed by atoms with van der Waals surface area (Å²) in [6, 6.07) is 11.5. The zero-order valence-electron chi connectivity index (χ0n) is 10.3. The van der Waals surface area contributed by atoms with E-state index in [0.717, 1.165) is 20.5 Å². The number of nitrogens with one attached hydrogen (secondary N) is 1. The number of halogens is 1. The third-order valence-corrected chi connectivity index (χ3v) is 3.80. The van der Waals surface area contributed by atoms with Crippen molar-refractivity contribution in [2.45, 2.75) is 0 Å². The van der Waals surface area contributed by atoms with E-state index in [1.54, 1.807) is 6.26 Å². The van der Waals surface area contributed by atoms with Crippen molar-refractivity contribution >= 4 is 39.7 Å². The van der Waals surface area contributed by atoms with E-state index in [0.29, 0.717) is 5.76 Å². The first-order chi connectivity index (χ1) is 9.24. The van der Waals surface area contributed by atoms with E-state index < -0.39 is 0 Å². The van der Waals surface area contributed by atoms with Gasteiger partial charge in [0.1, 0.15) is 5.84 Å². The predicted molar refractivity (Wildman–Crippen MR) is 84.8 cm³/mol. The molecule has 2 heterocycles. The van der Waals surface area contributed by atoms with Gasteiger partial charge < -0.3 is 10.2 Å². The molecule has 0 atom stereocenters. The second-order valence-electron chi connectivity index (χ2n) is 3.97. The second-order valence-corrected chi connectivity index (χ2v) is 5.05. The molecule has 2 aromatic heterocycles. The molecule has 0 fully saturated rings. The minimum Gasteiger partial charge on any atom is -0.456 e. The fourth-order valence-corrected chi connectivity index (χ4v) is 2.73. The summed E-state index contributed by atoms with van der Waals surface area (Å²) >= 11 is 1.50. The maximum Gasteiger partial charge on any atom is 0.176 e. The number of fused-ring (bicyclic) bond motifs is 1. The van der Waals surface area contributed by atoms with Crippen LogP contribution >= 0.6 is 23.7 Å². The van der Waals surface area contributed by atoms with Crippen LogP contribution in [0, 0.1) is 17.3 Å². The maximum atomic E-state index is 7.49. The van der Waals surface area contributed by atoms with Gasteiger partial charge in [-0.25, -0.2) is 0 Å². The number of rotatable bonds is 1. The normalized spacial score (nSPS) is 9.60. The summed E-state index contributed by atoms with van der Waals surface area (Å²) in [5, 5.41) is 8.52. The number of benzene rings is 1. The molecule has 0 saturated carbocycles. The van der Waals surface area contributed by atoms with Crippen molar-refractivity contribution in [2.24, 2.45) is 5.73 Å². The van der Waals surface area contributed by atoms with E-state index in [-0.39, 0.29) is 18.2 Å². The molecule has 3 aromatic rings. The number of nitrogens with two attached hydrogens (primary N) is 1. The van der Waals surface area contributed by atoms with Crippen LogP contribution in [0.2, 0.25) is 0 Å². The van der Waals surface area contributed by atoms with Crippen LogP contribution in [0.5, 0.6) is 0 Å². The van der Waals surface area contributed by atoms with Gasteiger partial charge in [-0.1, -0.05) is 12.0 Å². The average molecular weight is 303 g/mol. The highest BCUT2D eigenvalue weighted by Gasteiger charge is 2.06. The Balaban J connectivity index is 0.00000147. The lowest BCUT2D eigenvalue weighted by Crippen LogP contribution is -2.08. The van der Waals surface area contributed by atoms with Crippen molar-refractivity contribution < 1.29 is 4.42 Å². The Bertz CT molecular complexity index is 809. The van der Waals surface area contributed by atoms with E-state index in [1.807, 2.05) is 36.4 Å². The van der Waals surface area contributed by atoms with E-state index in [9.17, 15) is 0 Å². The van der Waals surface area contributed by atoms with Crippen molar-refractivity contribution in [3.8, 4) is 11.8 Å². The number of amidine groups is 1. The van der Waals surface area contributed by atoms with Gasteiger partial charge in [0, 0.05) is 15.6 Å². The van der Waals surface area contributed by atoms with E-state index in [4.69, 9.17) is 15.6 Å². The van der Waals surface area contributed by atoms with Crippen LogP contribution in [-0.2, 0) is 0 Å². The molecule has 0 saturated heterocycles. The zero-order chi connectivity index (χ0) is 13.2. The van der Waals surface area contributed by atoms with Crippen LogP contribution in [0.15, 0.2) is 47.1 Å². The average Bonchev–Trinajstić information content (AvgIpc) is 3.05. The van der Waals surface area contributed by atoms with Crippen molar-refractivity contribution in [1.29, 1.82) is 5.41 Å². The van der Waals surface area contributed by atoms with Crippen molar-refractivity contribution in [3.05, 3.63) is 58.9 Å². The quantitative estimate of drug-likeness (QED) is 0.410. The Morgan fingerprint density at radius 3 is 2.75 bits per heavy atom. The van der Waals surface area contributed by atoms with Crippen LogP contribution < -0.4 is 5.73 Å². The molecule has 0 bridgehead atoms. The molecule has 5 heteroatoms. The monoisotopic (exact) mass is 302 g/mol. The molecule has 0 aliphatic rings. The molecule has 3 rings (SSSR count). The van der Waals surface area contributed by atoms with Crippen molar-refractivity contribution in [1.82, 2.24) is 0 Å². The van der Waals surface area contributed by atoms with Crippen LogP contribution in [0.1, 0.15) is 16.2 Å². The standard InChI is InChI=1S/C15H10N2OS.ClH/c16-15(17)14-9-12-10(3-1-5-13(12)19-14)6-7-11-4-2-8-18-11;/h1-5,8-9H,(H3,16,17);1H. The minimum atomic E-state index is 0. The Morgan fingerprint density at radius 1 is 1.20 bits per heavy atom. The Hall–Kier alpha value is -2.22. The van der Waals surface area contributed by atoms with Gasteiger partial charge in [-0.2, -0.15) is 0 Å². The Morgan fingerprint density at radius 2 is 2.05 bits per heavy atom. The molecule has 3 nitrogen and oxygen atoms in total. The van der Waals surface area contributed by atoms with Gasteiger partial charge in [0.25, 0.3) is 0 Å². The van der Waals surface area contributed by atoms with Crippen LogP contribution in [0.4, 0.5) is 0 Å². The highest BCUT2D eigenvalue weighted by Crippen LogP contribution is 2.27. The molecule has 0 amide bonds. The van der Waals surface area contributed by atoms with Gasteiger partial charge in [0.15, 0.2) is 5.76 Å². The SMILES string of the molecule is Cl.N=C(N)c1cc2c(C#Cc3ccco3)cccc2s1. The molecule has 0 radical (unpaired) electrons. The topological polar surface area (TPSA) is 63.0 Å². The first kappa shape index (κ1) is 14.2. The third kappa shape index (κ3) is 2.69. The smallest absolute Gasteiger partial charge is 0.176 e. The molecular weight excluding hydrogens is 292 g/mol. The van der Waals surface area contributed by atoms with Gasteiger partial charge in [-0.05, 0) is 36.3 Å². The van der Waals surface area contributed by atoms with Gasteiger partial charge in [0.2, 0.25) is 0 Å². The van der Waals surface area contributed by atoms with Crippen LogP contribution in [-0.4, -0.2) is 5.84 Å². The number of hydrogen-bond donors (Lipinski definition) is 2. The van der Waals surface area contributed by atoms with E-state index >= 15 is 0 Å². The highest BCUT2D eigenvalue weighted by atomic mass is 35.5. The van der Waals surface area contributed by atoms with Gasteiger partial charge in [-0.3, -0.25) is 5.41 Å². The first-order valence-electron chi connectivity index (χ1n) is 5.66. The van der Waals surface area contributed by atoms with Gasteiger partial charge >= 0.3 is 0 Å². The van der Waals surface area contributed by atoms with Gasteiger partial charge in [0.05, 0.1) is 11.1 Å². The fraction of sp³-hybridized carbons (Fsp3) is 0. The van der Waals surface area contributed by atoms with E-state index in [2.05, 4.69) is 11.8 Å². The van der Waals surface area contributed by atoms with Crippen LogP contribution in [0.3, 0.4) is 0 Å². The summed E-state index contributed by atoms with van der Waals surface area (Å²) in [6.45, 7) is 0.